The first kappa shape index (κ1) is 17.8. The summed E-state index contributed by atoms with van der Waals surface area (Å²) in [6.45, 7) is 7.94. The zero-order chi connectivity index (χ0) is 16.8. The van der Waals surface area contributed by atoms with Gasteiger partial charge in [0.25, 0.3) is 0 Å². The highest BCUT2D eigenvalue weighted by Crippen LogP contribution is 2.17. The molecule has 6 heteroatoms. The van der Waals surface area contributed by atoms with Crippen LogP contribution in [-0.4, -0.2) is 21.4 Å². The molecule has 0 unspecified atom stereocenters. The lowest BCUT2D eigenvalue weighted by Gasteiger charge is -2.12. The second kappa shape index (κ2) is 8.31. The Balaban J connectivity index is 1.71. The molecule has 4 nitrogen and oxygen atoms in total. The van der Waals surface area contributed by atoms with Crippen molar-refractivity contribution in [2.24, 2.45) is 0 Å². The molecule has 2 N–H and O–H groups in total. The largest absolute Gasteiger partial charge is 0.362 e. The highest BCUT2D eigenvalue weighted by Gasteiger charge is 2.04. The van der Waals surface area contributed by atoms with Crippen molar-refractivity contribution in [3.63, 3.8) is 0 Å². The number of anilines is 1. The topological polar surface area (TPSA) is 41.9 Å². The summed E-state index contributed by atoms with van der Waals surface area (Å²) in [7, 11) is 0. The summed E-state index contributed by atoms with van der Waals surface area (Å²) in [6.07, 6.45) is 2.60. The van der Waals surface area contributed by atoms with E-state index in [2.05, 4.69) is 53.8 Å². The second-order valence-corrected chi connectivity index (χ2v) is 6.63. The van der Waals surface area contributed by atoms with Gasteiger partial charge in [0.05, 0.1) is 16.9 Å². The Kier molecular flexibility index (Phi) is 6.42. The molecule has 0 saturated carbocycles. The Morgan fingerprint density at radius 2 is 2.00 bits per heavy atom. The van der Waals surface area contributed by atoms with E-state index in [1.54, 1.807) is 6.20 Å². The Bertz CT molecular complexity index is 649. The molecule has 1 aromatic carbocycles. The average molecular weight is 351 g/mol. The number of rotatable bonds is 6. The third-order valence-electron chi connectivity index (χ3n) is 3.71. The molecule has 0 aliphatic carbocycles. The van der Waals surface area contributed by atoms with E-state index in [4.69, 9.17) is 23.8 Å². The number of thiocarbonyl (C=S) groups is 1. The zero-order valence-electron chi connectivity index (χ0n) is 13.8. The first-order valence-electron chi connectivity index (χ1n) is 7.80. The van der Waals surface area contributed by atoms with Crippen LogP contribution < -0.4 is 10.6 Å². The van der Waals surface area contributed by atoms with Gasteiger partial charge in [0.15, 0.2) is 5.11 Å². The second-order valence-electron chi connectivity index (χ2n) is 5.81. The molecular formula is C17H23ClN4S. The Morgan fingerprint density at radius 1 is 1.30 bits per heavy atom. The van der Waals surface area contributed by atoms with Crippen LogP contribution in [0.2, 0.25) is 5.02 Å². The lowest BCUT2D eigenvalue weighted by atomic mass is 10.0. The monoisotopic (exact) mass is 350 g/mol. The fraction of sp³-hybridized carbons (Fsp3) is 0.412. The van der Waals surface area contributed by atoms with E-state index in [1.165, 1.54) is 5.56 Å². The van der Waals surface area contributed by atoms with Gasteiger partial charge >= 0.3 is 0 Å². The zero-order valence-corrected chi connectivity index (χ0v) is 15.3. The van der Waals surface area contributed by atoms with Crippen molar-refractivity contribution in [3.8, 4) is 0 Å². The van der Waals surface area contributed by atoms with Crippen LogP contribution in [0.25, 0.3) is 0 Å². The van der Waals surface area contributed by atoms with E-state index in [0.29, 0.717) is 16.1 Å². The molecule has 0 radical (unpaired) electrons. The van der Waals surface area contributed by atoms with Crippen molar-refractivity contribution in [2.45, 2.75) is 39.7 Å². The molecule has 2 aromatic rings. The van der Waals surface area contributed by atoms with Gasteiger partial charge in [0.2, 0.25) is 0 Å². The van der Waals surface area contributed by atoms with Gasteiger partial charge in [-0.2, -0.15) is 5.10 Å². The molecule has 23 heavy (non-hydrogen) atoms. The number of benzene rings is 1. The molecule has 0 bridgehead atoms. The van der Waals surface area contributed by atoms with Crippen LogP contribution in [0.4, 0.5) is 5.69 Å². The lowest BCUT2D eigenvalue weighted by molar-refractivity contribution is 0.561. The van der Waals surface area contributed by atoms with Crippen LogP contribution in [0.1, 0.15) is 37.4 Å². The average Bonchev–Trinajstić information content (AvgIpc) is 2.84. The Hall–Kier alpha value is -1.59. The molecule has 0 amide bonds. The van der Waals surface area contributed by atoms with Crippen molar-refractivity contribution < 1.29 is 0 Å². The molecule has 0 spiro atoms. The summed E-state index contributed by atoms with van der Waals surface area (Å²) in [5.41, 5.74) is 3.32. The maximum Gasteiger partial charge on any atom is 0.170 e. The van der Waals surface area contributed by atoms with E-state index in [0.717, 1.165) is 30.9 Å². The summed E-state index contributed by atoms with van der Waals surface area (Å²) in [5, 5.41) is 12.0. The number of nitrogens with zero attached hydrogens (tertiary/aromatic N) is 2. The van der Waals surface area contributed by atoms with Gasteiger partial charge in [-0.15, -0.1) is 0 Å². The van der Waals surface area contributed by atoms with E-state index >= 15 is 0 Å². The number of aromatic nitrogens is 2. The highest BCUT2D eigenvalue weighted by atomic mass is 35.5. The number of nitrogens with one attached hydrogen (secondary N) is 2. The van der Waals surface area contributed by atoms with Gasteiger partial charge in [-0.25, -0.2) is 0 Å². The van der Waals surface area contributed by atoms with Crippen molar-refractivity contribution in [1.82, 2.24) is 15.1 Å². The van der Waals surface area contributed by atoms with Crippen LogP contribution >= 0.6 is 23.8 Å². The quantitative estimate of drug-likeness (QED) is 0.600. The van der Waals surface area contributed by atoms with Gasteiger partial charge in [-0.05, 0) is 49.2 Å². The van der Waals surface area contributed by atoms with Gasteiger partial charge in [-0.3, -0.25) is 4.68 Å². The third-order valence-corrected chi connectivity index (χ3v) is 4.33. The van der Waals surface area contributed by atoms with Gasteiger partial charge in [0.1, 0.15) is 0 Å². The minimum atomic E-state index is 0.536. The number of hydrogen-bond donors (Lipinski definition) is 2. The molecule has 2 rings (SSSR count). The molecule has 0 saturated heterocycles. The lowest BCUT2D eigenvalue weighted by Crippen LogP contribution is -2.29. The Labute approximate surface area is 148 Å². The molecule has 1 heterocycles. The van der Waals surface area contributed by atoms with E-state index < -0.39 is 0 Å². The predicted octanol–water partition coefficient (Wildman–Crippen LogP) is 4.35. The predicted molar refractivity (Wildman–Crippen MR) is 101 cm³/mol. The maximum absolute atomic E-state index is 5.98. The number of halogens is 1. The third kappa shape index (κ3) is 5.22. The summed E-state index contributed by atoms with van der Waals surface area (Å²) in [5.74, 6) is 0.536. The molecule has 0 aliphatic heterocycles. The van der Waals surface area contributed by atoms with Gasteiger partial charge < -0.3 is 10.6 Å². The van der Waals surface area contributed by atoms with Gasteiger partial charge in [-0.1, -0.05) is 37.6 Å². The fourth-order valence-electron chi connectivity index (χ4n) is 2.21. The van der Waals surface area contributed by atoms with Crippen LogP contribution in [0, 0.1) is 6.92 Å². The normalized spacial score (nSPS) is 10.8. The minimum Gasteiger partial charge on any atom is -0.362 e. The SMILES string of the molecule is Cc1c(Cl)cnn1CCCNC(=S)Nc1ccc(C(C)C)cc1. The smallest absolute Gasteiger partial charge is 0.170 e. The number of aryl methyl sites for hydroxylation is 1. The van der Waals surface area contributed by atoms with Crippen LogP contribution in [-0.2, 0) is 6.54 Å². The summed E-state index contributed by atoms with van der Waals surface area (Å²) >= 11 is 11.3. The minimum absolute atomic E-state index is 0.536. The summed E-state index contributed by atoms with van der Waals surface area (Å²) in [6, 6.07) is 8.36. The van der Waals surface area contributed by atoms with Crippen LogP contribution in [0.5, 0.6) is 0 Å². The van der Waals surface area contributed by atoms with Crippen molar-refractivity contribution in [2.75, 3.05) is 11.9 Å². The Morgan fingerprint density at radius 3 is 2.57 bits per heavy atom. The first-order valence-corrected chi connectivity index (χ1v) is 8.58. The number of hydrogen-bond acceptors (Lipinski definition) is 2. The van der Waals surface area contributed by atoms with Crippen LogP contribution in [0.15, 0.2) is 30.5 Å². The van der Waals surface area contributed by atoms with Crippen molar-refractivity contribution in [1.29, 1.82) is 0 Å². The van der Waals surface area contributed by atoms with E-state index in [1.807, 2.05) is 11.6 Å². The van der Waals surface area contributed by atoms with Crippen molar-refractivity contribution >= 4 is 34.6 Å². The van der Waals surface area contributed by atoms with E-state index in [-0.39, 0.29) is 0 Å². The molecule has 0 atom stereocenters. The molecule has 0 aliphatic rings. The van der Waals surface area contributed by atoms with Crippen LogP contribution in [0.3, 0.4) is 0 Å². The first-order chi connectivity index (χ1) is 11.0. The standard InChI is InChI=1S/C17H23ClN4S/c1-12(2)14-5-7-15(8-6-14)21-17(23)19-9-4-10-22-13(3)16(18)11-20-22/h5-8,11-12H,4,9-10H2,1-3H3,(H2,19,21,23). The maximum atomic E-state index is 5.98. The van der Waals surface area contributed by atoms with Crippen molar-refractivity contribution in [3.05, 3.63) is 46.7 Å². The molecule has 124 valence electrons. The fourth-order valence-corrected chi connectivity index (χ4v) is 2.57. The summed E-state index contributed by atoms with van der Waals surface area (Å²) < 4.78 is 1.91. The molecular weight excluding hydrogens is 328 g/mol. The van der Waals surface area contributed by atoms with Gasteiger partial charge in [0, 0.05) is 18.8 Å². The summed E-state index contributed by atoms with van der Waals surface area (Å²) in [4.78, 5) is 0. The molecule has 1 aromatic heterocycles. The highest BCUT2D eigenvalue weighted by molar-refractivity contribution is 7.80. The molecule has 0 fully saturated rings. The van der Waals surface area contributed by atoms with E-state index in [9.17, 15) is 0 Å².